The molecule has 0 aliphatic heterocycles. The molecule has 1 aromatic carbocycles. The van der Waals surface area contributed by atoms with Crippen LogP contribution in [0.1, 0.15) is 18.9 Å². The van der Waals surface area contributed by atoms with Gasteiger partial charge in [-0.2, -0.15) is 5.26 Å². The second kappa shape index (κ2) is 7.29. The molecule has 0 unspecified atom stereocenters. The Morgan fingerprint density at radius 2 is 2.06 bits per heavy atom. The first-order valence-electron chi connectivity index (χ1n) is 5.72. The Morgan fingerprint density at radius 1 is 1.35 bits per heavy atom. The van der Waals surface area contributed by atoms with Crippen LogP contribution in [0.3, 0.4) is 0 Å². The predicted molar refractivity (Wildman–Crippen MR) is 67.5 cm³/mol. The predicted octanol–water partition coefficient (Wildman–Crippen LogP) is 1.69. The fraction of sp³-hybridized carbons (Fsp3) is 0.385. The average Bonchev–Trinajstić information content (AvgIpc) is 2.32. The molecule has 0 aliphatic rings. The van der Waals surface area contributed by atoms with Gasteiger partial charge in [-0.25, -0.2) is 0 Å². The molecule has 0 aliphatic carbocycles. The number of carbonyl (C=O) groups is 1. The van der Waals surface area contributed by atoms with E-state index in [4.69, 9.17) is 5.26 Å². The molecule has 0 bridgehead atoms. The Bertz CT molecular complexity index is 392. The van der Waals surface area contributed by atoms with Gasteiger partial charge in [0.1, 0.15) is 0 Å². The van der Waals surface area contributed by atoms with Crippen molar-refractivity contribution in [2.75, 3.05) is 18.4 Å². The summed E-state index contributed by atoms with van der Waals surface area (Å²) in [4.78, 5) is 11.2. The largest absolute Gasteiger partial charge is 0.385 e. The quantitative estimate of drug-likeness (QED) is 0.783. The van der Waals surface area contributed by atoms with Crippen LogP contribution in [0.5, 0.6) is 0 Å². The van der Waals surface area contributed by atoms with Crippen molar-refractivity contribution in [1.82, 2.24) is 5.32 Å². The monoisotopic (exact) mass is 231 g/mol. The highest BCUT2D eigenvalue weighted by molar-refractivity contribution is 5.76. The third-order valence-corrected chi connectivity index (χ3v) is 2.29. The Labute approximate surface area is 102 Å². The molecule has 1 amide bonds. The van der Waals surface area contributed by atoms with Crippen molar-refractivity contribution in [3.05, 3.63) is 29.8 Å². The number of benzene rings is 1. The topological polar surface area (TPSA) is 64.9 Å². The number of amides is 1. The van der Waals surface area contributed by atoms with E-state index in [9.17, 15) is 4.79 Å². The summed E-state index contributed by atoms with van der Waals surface area (Å²) in [7, 11) is 0. The van der Waals surface area contributed by atoms with E-state index in [0.29, 0.717) is 25.9 Å². The van der Waals surface area contributed by atoms with Crippen molar-refractivity contribution in [2.45, 2.75) is 19.8 Å². The summed E-state index contributed by atoms with van der Waals surface area (Å²) in [5, 5.41) is 14.4. The Balaban J connectivity index is 2.32. The molecule has 0 heterocycles. The van der Waals surface area contributed by atoms with E-state index in [1.54, 1.807) is 0 Å². The molecule has 1 aromatic rings. The minimum atomic E-state index is 0.0566. The van der Waals surface area contributed by atoms with Crippen LogP contribution in [0.25, 0.3) is 0 Å². The maximum absolute atomic E-state index is 11.2. The summed E-state index contributed by atoms with van der Waals surface area (Å²) in [6, 6.07) is 9.77. The van der Waals surface area contributed by atoms with Crippen molar-refractivity contribution in [3.63, 3.8) is 0 Å². The van der Waals surface area contributed by atoms with Crippen molar-refractivity contribution in [2.24, 2.45) is 0 Å². The summed E-state index contributed by atoms with van der Waals surface area (Å²) in [5.41, 5.74) is 1.97. The van der Waals surface area contributed by atoms with Gasteiger partial charge in [-0.15, -0.1) is 0 Å². The second-order valence-corrected chi connectivity index (χ2v) is 3.66. The highest BCUT2D eigenvalue weighted by Crippen LogP contribution is 2.09. The fourth-order valence-corrected chi connectivity index (χ4v) is 1.44. The molecule has 0 spiro atoms. The van der Waals surface area contributed by atoms with Crippen LogP contribution in [0.4, 0.5) is 5.69 Å². The molecule has 2 N–H and O–H groups in total. The molecule has 0 radical (unpaired) electrons. The third-order valence-electron chi connectivity index (χ3n) is 2.29. The van der Waals surface area contributed by atoms with Gasteiger partial charge < -0.3 is 10.6 Å². The summed E-state index contributed by atoms with van der Waals surface area (Å²) in [6.07, 6.45) is 0.896. The lowest BCUT2D eigenvalue weighted by Gasteiger charge is -2.06. The number of nitriles is 1. The van der Waals surface area contributed by atoms with Crippen LogP contribution in [-0.2, 0) is 11.2 Å². The first kappa shape index (κ1) is 13.0. The molecule has 4 heteroatoms. The molecule has 0 aromatic heterocycles. The Morgan fingerprint density at radius 3 is 2.65 bits per heavy atom. The van der Waals surface area contributed by atoms with Crippen molar-refractivity contribution in [1.29, 1.82) is 5.26 Å². The molecule has 0 saturated heterocycles. The number of hydrogen-bond donors (Lipinski definition) is 2. The number of nitrogens with zero attached hydrogens (tertiary/aromatic N) is 1. The summed E-state index contributed by atoms with van der Waals surface area (Å²) < 4.78 is 0. The normalized spacial score (nSPS) is 9.41. The molecular formula is C13H17N3O. The van der Waals surface area contributed by atoms with Gasteiger partial charge in [-0.3, -0.25) is 4.79 Å². The maximum atomic E-state index is 11.2. The highest BCUT2D eigenvalue weighted by Gasteiger charge is 1.98. The van der Waals surface area contributed by atoms with Crippen molar-refractivity contribution in [3.8, 4) is 6.07 Å². The van der Waals surface area contributed by atoms with Gasteiger partial charge in [0.2, 0.25) is 5.91 Å². The molecule has 0 fully saturated rings. The molecule has 1 rings (SSSR count). The van der Waals surface area contributed by atoms with Gasteiger partial charge in [-0.05, 0) is 24.6 Å². The zero-order valence-electron chi connectivity index (χ0n) is 9.99. The van der Waals surface area contributed by atoms with Gasteiger partial charge in [0.05, 0.1) is 12.5 Å². The standard InChI is InChI=1S/C13H17N3O/c1-2-15-13(17)8-10-16-12-5-3-11(4-6-12)7-9-14/h3-6,16H,2,7-8,10H2,1H3,(H,15,17). The molecule has 0 saturated carbocycles. The van der Waals surface area contributed by atoms with E-state index in [-0.39, 0.29) is 5.91 Å². The lowest BCUT2D eigenvalue weighted by atomic mass is 10.1. The van der Waals surface area contributed by atoms with Crippen LogP contribution < -0.4 is 10.6 Å². The molecule has 90 valence electrons. The zero-order chi connectivity index (χ0) is 12.5. The van der Waals surface area contributed by atoms with Crippen LogP contribution in [0.2, 0.25) is 0 Å². The van der Waals surface area contributed by atoms with Crippen LogP contribution in [-0.4, -0.2) is 19.0 Å². The number of nitrogens with one attached hydrogen (secondary N) is 2. The van der Waals surface area contributed by atoms with E-state index < -0.39 is 0 Å². The van der Waals surface area contributed by atoms with E-state index in [1.165, 1.54) is 0 Å². The van der Waals surface area contributed by atoms with Crippen LogP contribution in [0, 0.1) is 11.3 Å². The fourth-order valence-electron chi connectivity index (χ4n) is 1.44. The minimum absolute atomic E-state index is 0.0566. The number of anilines is 1. The third kappa shape index (κ3) is 5.03. The summed E-state index contributed by atoms with van der Waals surface area (Å²) in [6.45, 7) is 3.18. The van der Waals surface area contributed by atoms with Gasteiger partial charge in [0.25, 0.3) is 0 Å². The van der Waals surface area contributed by atoms with Crippen molar-refractivity contribution >= 4 is 11.6 Å². The summed E-state index contributed by atoms with van der Waals surface area (Å²) >= 11 is 0. The lowest BCUT2D eigenvalue weighted by Crippen LogP contribution is -2.24. The van der Waals surface area contributed by atoms with Crippen molar-refractivity contribution < 1.29 is 4.79 Å². The second-order valence-electron chi connectivity index (χ2n) is 3.66. The molecular weight excluding hydrogens is 214 g/mol. The number of rotatable bonds is 6. The maximum Gasteiger partial charge on any atom is 0.221 e. The first-order chi connectivity index (χ1) is 8.26. The average molecular weight is 231 g/mol. The zero-order valence-corrected chi connectivity index (χ0v) is 9.99. The van der Waals surface area contributed by atoms with Crippen LogP contribution >= 0.6 is 0 Å². The molecule has 17 heavy (non-hydrogen) atoms. The Kier molecular flexibility index (Phi) is 5.59. The van der Waals surface area contributed by atoms with Gasteiger partial charge in [0, 0.05) is 25.2 Å². The van der Waals surface area contributed by atoms with E-state index in [2.05, 4.69) is 16.7 Å². The van der Waals surface area contributed by atoms with Crippen LogP contribution in [0.15, 0.2) is 24.3 Å². The van der Waals surface area contributed by atoms with Gasteiger partial charge >= 0.3 is 0 Å². The Hall–Kier alpha value is -2.02. The highest BCUT2D eigenvalue weighted by atomic mass is 16.1. The smallest absolute Gasteiger partial charge is 0.221 e. The van der Waals surface area contributed by atoms with E-state index >= 15 is 0 Å². The number of carbonyl (C=O) groups excluding carboxylic acids is 1. The van der Waals surface area contributed by atoms with E-state index in [0.717, 1.165) is 11.3 Å². The van der Waals surface area contributed by atoms with E-state index in [1.807, 2.05) is 31.2 Å². The first-order valence-corrected chi connectivity index (χ1v) is 5.72. The number of hydrogen-bond acceptors (Lipinski definition) is 3. The summed E-state index contributed by atoms with van der Waals surface area (Å²) in [5.74, 6) is 0.0566. The minimum Gasteiger partial charge on any atom is -0.385 e. The van der Waals surface area contributed by atoms with Gasteiger partial charge in [0.15, 0.2) is 0 Å². The lowest BCUT2D eigenvalue weighted by molar-refractivity contribution is -0.120. The molecule has 0 atom stereocenters. The van der Waals surface area contributed by atoms with Gasteiger partial charge in [-0.1, -0.05) is 12.1 Å². The molecule has 4 nitrogen and oxygen atoms in total. The SMILES string of the molecule is CCNC(=O)CCNc1ccc(CC#N)cc1.